The highest BCUT2D eigenvalue weighted by atomic mass is 16.5. The molecule has 2 N–H and O–H groups in total. The Labute approximate surface area is 134 Å². The number of rotatable bonds is 5. The Hall–Kier alpha value is -2.24. The Balaban J connectivity index is 1.80. The minimum Gasteiger partial charge on any atom is -0.497 e. The summed E-state index contributed by atoms with van der Waals surface area (Å²) in [5.41, 5.74) is 0.533. The van der Waals surface area contributed by atoms with Crippen molar-refractivity contribution >= 4 is 17.6 Å². The average Bonchev–Trinajstić information content (AvgIpc) is 3.16. The largest absolute Gasteiger partial charge is 0.497 e. The number of aliphatic carboxylic acids is 1. The summed E-state index contributed by atoms with van der Waals surface area (Å²) >= 11 is 0. The number of carboxylic acid groups (broad SMARTS) is 1. The van der Waals surface area contributed by atoms with Crippen molar-refractivity contribution in [1.29, 1.82) is 0 Å². The molecule has 0 heterocycles. The van der Waals surface area contributed by atoms with Crippen molar-refractivity contribution in [1.82, 2.24) is 0 Å². The monoisotopic (exact) mass is 319 g/mol. The molecule has 124 valence electrons. The van der Waals surface area contributed by atoms with E-state index in [0.29, 0.717) is 17.2 Å². The SMILES string of the molecule is COc1ccc(NC(=O)[C@@H]2[C@@H]3CC[C@@H](C3)[C@@H]2C(=O)O)c(OC)c1. The molecule has 1 amide bonds. The zero-order valence-corrected chi connectivity index (χ0v) is 13.2. The number of methoxy groups -OCH3 is 2. The molecule has 4 atom stereocenters. The van der Waals surface area contributed by atoms with Crippen LogP contribution in [-0.2, 0) is 9.59 Å². The van der Waals surface area contributed by atoms with Gasteiger partial charge in [-0.1, -0.05) is 0 Å². The first-order chi connectivity index (χ1) is 11.0. The minimum absolute atomic E-state index is 0.131. The summed E-state index contributed by atoms with van der Waals surface area (Å²) in [4.78, 5) is 24.2. The van der Waals surface area contributed by atoms with Crippen LogP contribution in [-0.4, -0.2) is 31.2 Å². The molecule has 0 aliphatic heterocycles. The number of ether oxygens (including phenoxy) is 2. The number of carbonyl (C=O) groups is 2. The highest BCUT2D eigenvalue weighted by molar-refractivity contribution is 5.97. The lowest BCUT2D eigenvalue weighted by atomic mass is 9.78. The molecule has 6 nitrogen and oxygen atoms in total. The Kier molecular flexibility index (Phi) is 4.15. The molecule has 6 heteroatoms. The molecule has 3 rings (SSSR count). The van der Waals surface area contributed by atoms with Crippen LogP contribution in [0.15, 0.2) is 18.2 Å². The van der Waals surface area contributed by atoms with E-state index in [-0.39, 0.29) is 17.7 Å². The van der Waals surface area contributed by atoms with Gasteiger partial charge in [0.05, 0.1) is 31.7 Å². The summed E-state index contributed by atoms with van der Waals surface area (Å²) in [7, 11) is 3.07. The summed E-state index contributed by atoms with van der Waals surface area (Å²) in [6, 6.07) is 5.12. The number of nitrogens with one attached hydrogen (secondary N) is 1. The predicted molar refractivity (Wildman–Crippen MR) is 83.6 cm³/mol. The number of carboxylic acids is 1. The molecular formula is C17H21NO5. The van der Waals surface area contributed by atoms with Crippen molar-refractivity contribution in [2.45, 2.75) is 19.3 Å². The Bertz CT molecular complexity index is 629. The lowest BCUT2D eigenvalue weighted by Crippen LogP contribution is -2.37. The summed E-state index contributed by atoms with van der Waals surface area (Å²) < 4.78 is 10.4. The van der Waals surface area contributed by atoms with Crippen molar-refractivity contribution < 1.29 is 24.2 Å². The third-order valence-corrected chi connectivity index (χ3v) is 5.17. The maximum atomic E-state index is 12.7. The second kappa shape index (κ2) is 6.10. The molecular weight excluding hydrogens is 298 g/mol. The zero-order chi connectivity index (χ0) is 16.6. The first kappa shape index (κ1) is 15.6. The number of hydrogen-bond donors (Lipinski definition) is 2. The highest BCUT2D eigenvalue weighted by Crippen LogP contribution is 2.52. The Morgan fingerprint density at radius 2 is 1.83 bits per heavy atom. The highest BCUT2D eigenvalue weighted by Gasteiger charge is 2.54. The van der Waals surface area contributed by atoms with Gasteiger partial charge in [-0.05, 0) is 43.2 Å². The lowest BCUT2D eigenvalue weighted by molar-refractivity contribution is -0.148. The molecule has 23 heavy (non-hydrogen) atoms. The average molecular weight is 319 g/mol. The molecule has 2 aliphatic carbocycles. The van der Waals surface area contributed by atoms with Crippen LogP contribution in [0.25, 0.3) is 0 Å². The normalized spacial score (nSPS) is 28.4. The van der Waals surface area contributed by atoms with Gasteiger partial charge in [0.2, 0.25) is 5.91 Å². The molecule has 0 spiro atoms. The van der Waals surface area contributed by atoms with Crippen molar-refractivity contribution in [3.05, 3.63) is 18.2 Å². The van der Waals surface area contributed by atoms with E-state index in [0.717, 1.165) is 19.3 Å². The number of anilines is 1. The topological polar surface area (TPSA) is 84.9 Å². The molecule has 0 radical (unpaired) electrons. The van der Waals surface area contributed by atoms with E-state index in [1.807, 2.05) is 0 Å². The molecule has 0 unspecified atom stereocenters. The fourth-order valence-corrected chi connectivity index (χ4v) is 4.14. The second-order valence-electron chi connectivity index (χ2n) is 6.28. The number of amides is 1. The van der Waals surface area contributed by atoms with Crippen molar-refractivity contribution in [3.63, 3.8) is 0 Å². The smallest absolute Gasteiger partial charge is 0.307 e. The third-order valence-electron chi connectivity index (χ3n) is 5.17. The summed E-state index contributed by atoms with van der Waals surface area (Å²) in [6.45, 7) is 0. The van der Waals surface area contributed by atoms with E-state index in [2.05, 4.69) is 5.32 Å². The molecule has 2 bridgehead atoms. The van der Waals surface area contributed by atoms with Crippen LogP contribution in [0.3, 0.4) is 0 Å². The van der Waals surface area contributed by atoms with Crippen molar-refractivity contribution in [3.8, 4) is 11.5 Å². The van der Waals surface area contributed by atoms with E-state index in [9.17, 15) is 14.7 Å². The van der Waals surface area contributed by atoms with Gasteiger partial charge in [0.25, 0.3) is 0 Å². The molecule has 2 aliphatic rings. The third kappa shape index (κ3) is 2.73. The van der Waals surface area contributed by atoms with Crippen LogP contribution in [0.5, 0.6) is 11.5 Å². The minimum atomic E-state index is -0.862. The van der Waals surface area contributed by atoms with Crippen LogP contribution >= 0.6 is 0 Å². The summed E-state index contributed by atoms with van der Waals surface area (Å²) in [5.74, 6) is -0.699. The van der Waals surface area contributed by atoms with E-state index in [1.54, 1.807) is 25.3 Å². The van der Waals surface area contributed by atoms with Gasteiger partial charge in [0.15, 0.2) is 0 Å². The Morgan fingerprint density at radius 3 is 2.43 bits per heavy atom. The van der Waals surface area contributed by atoms with Gasteiger partial charge in [-0.2, -0.15) is 0 Å². The van der Waals surface area contributed by atoms with Gasteiger partial charge in [0.1, 0.15) is 11.5 Å². The van der Waals surface area contributed by atoms with Gasteiger partial charge in [-0.25, -0.2) is 0 Å². The molecule has 0 aromatic heterocycles. The van der Waals surface area contributed by atoms with Gasteiger partial charge in [-0.15, -0.1) is 0 Å². The van der Waals surface area contributed by atoms with Gasteiger partial charge in [-0.3, -0.25) is 9.59 Å². The van der Waals surface area contributed by atoms with Crippen LogP contribution in [0, 0.1) is 23.7 Å². The predicted octanol–water partition coefficient (Wildman–Crippen LogP) is 2.39. The first-order valence-corrected chi connectivity index (χ1v) is 7.80. The van der Waals surface area contributed by atoms with Crippen molar-refractivity contribution in [2.24, 2.45) is 23.7 Å². The maximum Gasteiger partial charge on any atom is 0.307 e. The van der Waals surface area contributed by atoms with E-state index in [4.69, 9.17) is 9.47 Å². The molecule has 2 saturated carbocycles. The first-order valence-electron chi connectivity index (χ1n) is 7.80. The van der Waals surface area contributed by atoms with Crippen LogP contribution in [0.4, 0.5) is 5.69 Å². The number of benzene rings is 1. The lowest BCUT2D eigenvalue weighted by Gasteiger charge is -2.27. The number of fused-ring (bicyclic) bond motifs is 2. The molecule has 1 aromatic carbocycles. The van der Waals surface area contributed by atoms with E-state index >= 15 is 0 Å². The van der Waals surface area contributed by atoms with Crippen LogP contribution < -0.4 is 14.8 Å². The molecule has 2 fully saturated rings. The van der Waals surface area contributed by atoms with Gasteiger partial charge >= 0.3 is 5.97 Å². The number of hydrogen-bond acceptors (Lipinski definition) is 4. The molecule has 0 saturated heterocycles. The van der Waals surface area contributed by atoms with Crippen molar-refractivity contribution in [2.75, 3.05) is 19.5 Å². The van der Waals surface area contributed by atoms with Gasteiger partial charge < -0.3 is 19.9 Å². The van der Waals surface area contributed by atoms with Crippen LogP contribution in [0.2, 0.25) is 0 Å². The zero-order valence-electron chi connectivity index (χ0n) is 13.2. The maximum absolute atomic E-state index is 12.7. The van der Waals surface area contributed by atoms with E-state index in [1.165, 1.54) is 7.11 Å². The van der Waals surface area contributed by atoms with Crippen LogP contribution in [0.1, 0.15) is 19.3 Å². The molecule has 1 aromatic rings. The quantitative estimate of drug-likeness (QED) is 0.870. The standard InChI is InChI=1S/C17H21NO5/c1-22-11-5-6-12(13(8-11)23-2)18-16(19)14-9-3-4-10(7-9)15(14)17(20)21/h5-6,8-10,14-15H,3-4,7H2,1-2H3,(H,18,19)(H,20,21)/t9-,10+,14-,15+/m1/s1. The summed E-state index contributed by atoms with van der Waals surface area (Å²) in [6.07, 6.45) is 2.69. The number of carbonyl (C=O) groups excluding carboxylic acids is 1. The Morgan fingerprint density at radius 1 is 1.13 bits per heavy atom. The summed E-state index contributed by atoms with van der Waals surface area (Å²) in [5, 5.41) is 12.3. The van der Waals surface area contributed by atoms with Gasteiger partial charge in [0, 0.05) is 6.07 Å². The fraction of sp³-hybridized carbons (Fsp3) is 0.529. The second-order valence-corrected chi connectivity index (χ2v) is 6.28. The van der Waals surface area contributed by atoms with E-state index < -0.39 is 17.8 Å². The fourth-order valence-electron chi connectivity index (χ4n) is 4.14.